The SMILES string of the molecule is C#CCSc1nc2c(c(=O)n1-c1cccc(C)c1)C1(CCCC1)Cc1ccccc1-2. The molecular weight excluding hydrogens is 388 g/mol. The average molecular weight is 413 g/mol. The average Bonchev–Trinajstić information content (AvgIpc) is 3.20. The molecule has 4 heteroatoms. The van der Waals surface area contributed by atoms with Gasteiger partial charge in [0.1, 0.15) is 0 Å². The van der Waals surface area contributed by atoms with Gasteiger partial charge in [-0.05, 0) is 49.4 Å². The molecule has 2 aromatic carbocycles. The third kappa shape index (κ3) is 3.00. The van der Waals surface area contributed by atoms with E-state index in [0.29, 0.717) is 10.9 Å². The third-order valence-electron chi connectivity index (χ3n) is 6.49. The zero-order valence-electron chi connectivity index (χ0n) is 17.1. The fourth-order valence-electron chi connectivity index (χ4n) is 5.21. The zero-order valence-corrected chi connectivity index (χ0v) is 18.0. The van der Waals surface area contributed by atoms with Gasteiger partial charge in [0.05, 0.1) is 22.7 Å². The molecule has 0 N–H and O–H groups in total. The topological polar surface area (TPSA) is 34.9 Å². The van der Waals surface area contributed by atoms with Crippen LogP contribution in [0, 0.1) is 19.3 Å². The minimum atomic E-state index is -0.103. The number of hydrogen-bond acceptors (Lipinski definition) is 3. The predicted octanol–water partition coefficient (Wildman–Crippen LogP) is 5.30. The molecule has 2 aliphatic rings. The van der Waals surface area contributed by atoms with Crippen LogP contribution in [0.1, 0.15) is 42.4 Å². The Labute approximate surface area is 181 Å². The van der Waals surface area contributed by atoms with Crippen LogP contribution in [-0.2, 0) is 11.8 Å². The van der Waals surface area contributed by atoms with Crippen molar-refractivity contribution in [1.82, 2.24) is 9.55 Å². The van der Waals surface area contributed by atoms with Crippen molar-refractivity contribution in [2.75, 3.05) is 5.75 Å². The number of aryl methyl sites for hydroxylation is 1. The molecule has 1 spiro atoms. The molecule has 1 fully saturated rings. The van der Waals surface area contributed by atoms with Crippen molar-refractivity contribution in [2.45, 2.75) is 49.6 Å². The summed E-state index contributed by atoms with van der Waals surface area (Å²) in [4.78, 5) is 19.2. The first-order valence-electron chi connectivity index (χ1n) is 10.5. The van der Waals surface area contributed by atoms with Crippen LogP contribution >= 0.6 is 11.8 Å². The molecule has 1 heterocycles. The smallest absolute Gasteiger partial charge is 0.263 e. The van der Waals surface area contributed by atoms with E-state index >= 15 is 0 Å². The first kappa shape index (κ1) is 19.2. The van der Waals surface area contributed by atoms with Crippen molar-refractivity contribution < 1.29 is 0 Å². The van der Waals surface area contributed by atoms with Gasteiger partial charge in [-0.3, -0.25) is 9.36 Å². The van der Waals surface area contributed by atoms with Crippen LogP contribution in [0.5, 0.6) is 0 Å². The number of nitrogens with zero attached hydrogens (tertiary/aromatic N) is 2. The van der Waals surface area contributed by atoms with Crippen molar-refractivity contribution in [3.63, 3.8) is 0 Å². The Morgan fingerprint density at radius 2 is 1.97 bits per heavy atom. The van der Waals surface area contributed by atoms with E-state index in [4.69, 9.17) is 11.4 Å². The summed E-state index contributed by atoms with van der Waals surface area (Å²) in [5.41, 5.74) is 6.13. The zero-order chi connectivity index (χ0) is 20.7. The maximum absolute atomic E-state index is 14.1. The first-order valence-corrected chi connectivity index (χ1v) is 11.5. The highest BCUT2D eigenvalue weighted by molar-refractivity contribution is 7.99. The molecule has 5 rings (SSSR count). The van der Waals surface area contributed by atoms with Gasteiger partial charge >= 0.3 is 0 Å². The second kappa shape index (κ2) is 7.49. The van der Waals surface area contributed by atoms with E-state index in [1.807, 2.05) is 37.3 Å². The molecule has 0 bridgehead atoms. The summed E-state index contributed by atoms with van der Waals surface area (Å²) in [6.45, 7) is 2.04. The lowest BCUT2D eigenvalue weighted by molar-refractivity contribution is 0.422. The Hall–Kier alpha value is -2.77. The van der Waals surface area contributed by atoms with Crippen LogP contribution in [0.2, 0.25) is 0 Å². The summed E-state index contributed by atoms with van der Waals surface area (Å²) in [6, 6.07) is 16.5. The highest BCUT2D eigenvalue weighted by Gasteiger charge is 2.44. The van der Waals surface area contributed by atoms with Gasteiger partial charge in [-0.1, -0.05) is 66.9 Å². The standard InChI is InChI=1S/C26H24N2OS/c1-3-15-30-25-27-23-21-12-5-4-10-19(21)17-26(13-6-7-14-26)22(23)24(29)28(25)20-11-8-9-18(2)16-20/h1,4-5,8-12,16H,6-7,13-15,17H2,2H3. The Balaban J connectivity index is 1.85. The van der Waals surface area contributed by atoms with Gasteiger partial charge in [0.2, 0.25) is 0 Å². The Kier molecular flexibility index (Phi) is 4.79. The molecule has 0 aliphatic heterocycles. The van der Waals surface area contributed by atoms with Crippen LogP contribution in [0.3, 0.4) is 0 Å². The molecule has 0 unspecified atom stereocenters. The van der Waals surface area contributed by atoms with Gasteiger partial charge in [0.15, 0.2) is 5.16 Å². The van der Waals surface area contributed by atoms with Gasteiger partial charge in [-0.15, -0.1) is 6.42 Å². The van der Waals surface area contributed by atoms with Gasteiger partial charge in [0.25, 0.3) is 5.56 Å². The van der Waals surface area contributed by atoms with Gasteiger partial charge in [-0.25, -0.2) is 4.98 Å². The second-order valence-corrected chi connectivity index (χ2v) is 9.35. The summed E-state index contributed by atoms with van der Waals surface area (Å²) in [6.07, 6.45) is 10.9. The van der Waals surface area contributed by atoms with Crippen molar-refractivity contribution in [3.8, 4) is 29.3 Å². The maximum atomic E-state index is 14.1. The van der Waals surface area contributed by atoms with Crippen LogP contribution in [0.25, 0.3) is 16.9 Å². The molecular formula is C26H24N2OS. The summed E-state index contributed by atoms with van der Waals surface area (Å²) in [5, 5.41) is 0.673. The molecule has 1 aromatic heterocycles. The number of rotatable bonds is 3. The van der Waals surface area contributed by atoms with E-state index in [1.165, 1.54) is 30.2 Å². The molecule has 0 atom stereocenters. The molecule has 150 valence electrons. The molecule has 1 saturated carbocycles. The molecule has 0 amide bonds. The van der Waals surface area contributed by atoms with Crippen molar-refractivity contribution in [2.24, 2.45) is 0 Å². The lowest BCUT2D eigenvalue weighted by Crippen LogP contribution is -2.40. The fraction of sp³-hybridized carbons (Fsp3) is 0.308. The maximum Gasteiger partial charge on any atom is 0.263 e. The Morgan fingerprint density at radius 1 is 1.17 bits per heavy atom. The number of aromatic nitrogens is 2. The summed E-state index contributed by atoms with van der Waals surface area (Å²) in [7, 11) is 0. The van der Waals surface area contributed by atoms with E-state index in [0.717, 1.165) is 47.3 Å². The largest absolute Gasteiger partial charge is 0.268 e. The number of thioether (sulfide) groups is 1. The van der Waals surface area contributed by atoms with Gasteiger partial charge in [-0.2, -0.15) is 0 Å². The second-order valence-electron chi connectivity index (χ2n) is 8.41. The Bertz CT molecular complexity index is 1230. The minimum absolute atomic E-state index is 0.0709. The highest BCUT2D eigenvalue weighted by Crippen LogP contribution is 2.50. The molecule has 0 radical (unpaired) electrons. The third-order valence-corrected chi connectivity index (χ3v) is 7.33. The molecule has 2 aliphatic carbocycles. The fourth-order valence-corrected chi connectivity index (χ4v) is 5.89. The molecule has 3 nitrogen and oxygen atoms in total. The van der Waals surface area contributed by atoms with E-state index < -0.39 is 0 Å². The van der Waals surface area contributed by atoms with E-state index in [2.05, 4.69) is 24.1 Å². The summed E-state index contributed by atoms with van der Waals surface area (Å²) < 4.78 is 1.79. The predicted molar refractivity (Wildman–Crippen MR) is 123 cm³/mol. The van der Waals surface area contributed by atoms with Crippen LogP contribution in [0.4, 0.5) is 0 Å². The molecule has 0 saturated heterocycles. The summed E-state index contributed by atoms with van der Waals surface area (Å²) in [5.74, 6) is 3.16. The van der Waals surface area contributed by atoms with Gasteiger partial charge in [0, 0.05) is 11.0 Å². The van der Waals surface area contributed by atoms with Crippen molar-refractivity contribution in [1.29, 1.82) is 0 Å². The quantitative estimate of drug-likeness (QED) is 0.333. The monoisotopic (exact) mass is 412 g/mol. The van der Waals surface area contributed by atoms with Gasteiger partial charge < -0.3 is 0 Å². The number of fused-ring (bicyclic) bond motifs is 4. The van der Waals surface area contributed by atoms with Crippen molar-refractivity contribution in [3.05, 3.63) is 75.6 Å². The number of benzene rings is 2. The number of hydrogen-bond donors (Lipinski definition) is 0. The van der Waals surface area contributed by atoms with Crippen molar-refractivity contribution >= 4 is 11.8 Å². The summed E-state index contributed by atoms with van der Waals surface area (Å²) >= 11 is 1.46. The highest BCUT2D eigenvalue weighted by atomic mass is 32.2. The first-order chi connectivity index (χ1) is 14.6. The van der Waals surface area contributed by atoms with Crippen LogP contribution in [0.15, 0.2) is 58.5 Å². The lowest BCUT2D eigenvalue weighted by Gasteiger charge is -2.36. The van der Waals surface area contributed by atoms with Crippen LogP contribution in [-0.4, -0.2) is 15.3 Å². The normalized spacial score (nSPS) is 16.1. The molecule has 30 heavy (non-hydrogen) atoms. The van der Waals surface area contributed by atoms with E-state index in [9.17, 15) is 4.79 Å². The van der Waals surface area contributed by atoms with E-state index in [1.54, 1.807) is 4.57 Å². The number of terminal acetylenes is 1. The molecule has 3 aromatic rings. The van der Waals surface area contributed by atoms with Crippen LogP contribution < -0.4 is 5.56 Å². The Morgan fingerprint density at radius 3 is 2.73 bits per heavy atom. The minimum Gasteiger partial charge on any atom is -0.268 e. The lowest BCUT2D eigenvalue weighted by atomic mass is 9.68. The van der Waals surface area contributed by atoms with E-state index in [-0.39, 0.29) is 11.0 Å².